The molecule has 1 atom stereocenters. The molecule has 5 heteroatoms. The third-order valence-corrected chi connectivity index (χ3v) is 6.98. The van der Waals surface area contributed by atoms with E-state index in [-0.39, 0.29) is 6.10 Å². The van der Waals surface area contributed by atoms with Gasteiger partial charge in [-0.05, 0) is 74.7 Å². The van der Waals surface area contributed by atoms with Gasteiger partial charge in [0, 0.05) is 32.7 Å². The molecule has 1 aromatic rings. The first kappa shape index (κ1) is 19.7. The predicted molar refractivity (Wildman–Crippen MR) is 109 cm³/mol. The first-order valence-electron chi connectivity index (χ1n) is 10.8. The lowest BCUT2D eigenvalue weighted by molar-refractivity contribution is -0.141. The lowest BCUT2D eigenvalue weighted by Crippen LogP contribution is -2.52. The van der Waals surface area contributed by atoms with Crippen molar-refractivity contribution in [1.29, 1.82) is 0 Å². The van der Waals surface area contributed by atoms with Crippen LogP contribution in [0.25, 0.3) is 0 Å². The lowest BCUT2D eigenvalue weighted by Gasteiger charge is -2.48. The van der Waals surface area contributed by atoms with E-state index < -0.39 is 0 Å². The number of hydrogen-bond donors (Lipinski definition) is 0. The second kappa shape index (κ2) is 8.42. The Morgan fingerprint density at radius 1 is 1.25 bits per heavy atom. The predicted octanol–water partition coefficient (Wildman–Crippen LogP) is 3.39. The summed E-state index contributed by atoms with van der Waals surface area (Å²) < 4.78 is 11.2. The Morgan fingerprint density at radius 2 is 2.07 bits per heavy atom. The zero-order valence-corrected chi connectivity index (χ0v) is 17.4. The van der Waals surface area contributed by atoms with Gasteiger partial charge in [0.25, 0.3) is 0 Å². The summed E-state index contributed by atoms with van der Waals surface area (Å²) in [4.78, 5) is 17.1. The Bertz CT molecular complexity index is 691. The summed E-state index contributed by atoms with van der Waals surface area (Å²) in [6, 6.07) is 6.50. The molecule has 0 N–H and O–H groups in total. The van der Waals surface area contributed by atoms with Gasteiger partial charge in [-0.1, -0.05) is 12.1 Å². The molecule has 3 heterocycles. The van der Waals surface area contributed by atoms with Crippen molar-refractivity contribution in [3.05, 3.63) is 29.3 Å². The zero-order valence-electron chi connectivity index (χ0n) is 17.4. The average Bonchev–Trinajstić information content (AvgIpc) is 3.20. The van der Waals surface area contributed by atoms with Crippen LogP contribution >= 0.6 is 0 Å². The van der Waals surface area contributed by atoms with E-state index in [9.17, 15) is 4.79 Å². The number of carbonyl (C=O) groups excluding carboxylic acids is 1. The smallest absolute Gasteiger partial charge is 0.222 e. The van der Waals surface area contributed by atoms with Gasteiger partial charge in [-0.25, -0.2) is 0 Å². The number of piperidine rings is 2. The molecule has 3 aliphatic heterocycles. The van der Waals surface area contributed by atoms with Crippen molar-refractivity contribution in [2.75, 3.05) is 39.9 Å². The molecule has 1 unspecified atom stereocenters. The van der Waals surface area contributed by atoms with Crippen LogP contribution < -0.4 is 4.74 Å². The standard InChI is InChI=1S/C23H34N2O3/c1-18-14-19(5-6-21(18)27-2)15-24-11-9-23(10-12-24)8-7-22(26)25(17-23)16-20-4-3-13-28-20/h5-6,14,20H,3-4,7-13,15-17H2,1-2H3. The fourth-order valence-corrected chi connectivity index (χ4v) is 5.19. The van der Waals surface area contributed by atoms with Gasteiger partial charge < -0.3 is 14.4 Å². The number of likely N-dealkylation sites (tertiary alicyclic amines) is 2. The van der Waals surface area contributed by atoms with Crippen LogP contribution in [0.3, 0.4) is 0 Å². The Hall–Kier alpha value is -1.59. The molecule has 0 aromatic heterocycles. The molecule has 0 bridgehead atoms. The van der Waals surface area contributed by atoms with Crippen LogP contribution in [0.4, 0.5) is 0 Å². The summed E-state index contributed by atoms with van der Waals surface area (Å²) in [5.41, 5.74) is 2.87. The molecule has 1 spiro atoms. The number of aryl methyl sites for hydroxylation is 1. The van der Waals surface area contributed by atoms with Crippen LogP contribution in [0.1, 0.15) is 49.7 Å². The maximum absolute atomic E-state index is 12.4. The molecular weight excluding hydrogens is 352 g/mol. The molecule has 0 aliphatic carbocycles. The van der Waals surface area contributed by atoms with Crippen molar-refractivity contribution in [2.24, 2.45) is 5.41 Å². The van der Waals surface area contributed by atoms with E-state index in [0.717, 1.165) is 64.3 Å². The van der Waals surface area contributed by atoms with Gasteiger partial charge in [-0.15, -0.1) is 0 Å². The van der Waals surface area contributed by atoms with Gasteiger partial charge in [0.05, 0.1) is 13.2 Å². The van der Waals surface area contributed by atoms with Crippen molar-refractivity contribution < 1.29 is 14.3 Å². The zero-order chi connectivity index (χ0) is 19.6. The molecule has 0 radical (unpaired) electrons. The first-order valence-corrected chi connectivity index (χ1v) is 10.8. The van der Waals surface area contributed by atoms with Crippen molar-refractivity contribution in [1.82, 2.24) is 9.80 Å². The molecule has 3 fully saturated rings. The number of ether oxygens (including phenoxy) is 2. The van der Waals surface area contributed by atoms with Crippen LogP contribution in [0.5, 0.6) is 5.75 Å². The van der Waals surface area contributed by atoms with Crippen molar-refractivity contribution >= 4 is 5.91 Å². The minimum atomic E-state index is 0.262. The number of amides is 1. The van der Waals surface area contributed by atoms with Crippen LogP contribution in [-0.4, -0.2) is 61.7 Å². The highest BCUT2D eigenvalue weighted by molar-refractivity contribution is 5.77. The van der Waals surface area contributed by atoms with Gasteiger partial charge in [-0.3, -0.25) is 9.69 Å². The van der Waals surface area contributed by atoms with E-state index in [2.05, 4.69) is 34.9 Å². The van der Waals surface area contributed by atoms with Gasteiger partial charge in [0.15, 0.2) is 0 Å². The van der Waals surface area contributed by atoms with Crippen LogP contribution in [0.2, 0.25) is 0 Å². The molecule has 1 amide bonds. The third kappa shape index (κ3) is 4.36. The van der Waals surface area contributed by atoms with E-state index >= 15 is 0 Å². The number of nitrogens with zero attached hydrogens (tertiary/aromatic N) is 2. The Balaban J connectivity index is 1.32. The fourth-order valence-electron chi connectivity index (χ4n) is 5.19. The summed E-state index contributed by atoms with van der Waals surface area (Å²) in [7, 11) is 1.73. The number of methoxy groups -OCH3 is 1. The van der Waals surface area contributed by atoms with E-state index in [1.54, 1.807) is 7.11 Å². The Labute approximate surface area is 169 Å². The van der Waals surface area contributed by atoms with Crippen molar-refractivity contribution in [3.63, 3.8) is 0 Å². The molecule has 154 valence electrons. The minimum Gasteiger partial charge on any atom is -0.496 e. The highest BCUT2D eigenvalue weighted by atomic mass is 16.5. The van der Waals surface area contributed by atoms with Crippen molar-refractivity contribution in [2.45, 2.75) is 58.1 Å². The second-order valence-electron chi connectivity index (χ2n) is 8.99. The molecule has 5 nitrogen and oxygen atoms in total. The summed E-state index contributed by atoms with van der Waals surface area (Å²) in [6.45, 7) is 7.93. The summed E-state index contributed by atoms with van der Waals surface area (Å²) in [6.07, 6.45) is 6.66. The Morgan fingerprint density at radius 3 is 2.75 bits per heavy atom. The summed E-state index contributed by atoms with van der Waals surface area (Å²) in [5, 5.41) is 0. The number of benzene rings is 1. The minimum absolute atomic E-state index is 0.262. The SMILES string of the molecule is COc1ccc(CN2CCC3(CCC(=O)N(CC4CCCO4)C3)CC2)cc1C. The largest absolute Gasteiger partial charge is 0.496 e. The van der Waals surface area contributed by atoms with Crippen LogP contribution in [0.15, 0.2) is 18.2 Å². The second-order valence-corrected chi connectivity index (χ2v) is 8.99. The van der Waals surface area contributed by atoms with E-state index in [1.807, 2.05) is 0 Å². The van der Waals surface area contributed by atoms with Gasteiger partial charge in [0.2, 0.25) is 5.91 Å². The molecule has 28 heavy (non-hydrogen) atoms. The van der Waals surface area contributed by atoms with Gasteiger partial charge >= 0.3 is 0 Å². The highest BCUT2D eigenvalue weighted by Crippen LogP contribution is 2.40. The number of carbonyl (C=O) groups is 1. The lowest BCUT2D eigenvalue weighted by atomic mass is 9.72. The van der Waals surface area contributed by atoms with Gasteiger partial charge in [-0.2, -0.15) is 0 Å². The van der Waals surface area contributed by atoms with Crippen LogP contribution in [-0.2, 0) is 16.1 Å². The number of hydrogen-bond acceptors (Lipinski definition) is 4. The van der Waals surface area contributed by atoms with Crippen molar-refractivity contribution in [3.8, 4) is 5.75 Å². The fraction of sp³-hybridized carbons (Fsp3) is 0.696. The van der Waals surface area contributed by atoms with E-state index in [4.69, 9.17) is 9.47 Å². The average molecular weight is 387 g/mol. The third-order valence-electron chi connectivity index (χ3n) is 6.98. The summed E-state index contributed by atoms with van der Waals surface area (Å²) in [5.74, 6) is 1.29. The molecule has 1 aromatic carbocycles. The summed E-state index contributed by atoms with van der Waals surface area (Å²) >= 11 is 0. The highest BCUT2D eigenvalue weighted by Gasteiger charge is 2.41. The quantitative estimate of drug-likeness (QED) is 0.778. The topological polar surface area (TPSA) is 42.0 Å². The molecular formula is C23H34N2O3. The normalized spacial score (nSPS) is 25.4. The Kier molecular flexibility index (Phi) is 5.93. The van der Waals surface area contributed by atoms with Crippen LogP contribution in [0, 0.1) is 12.3 Å². The molecule has 0 saturated carbocycles. The maximum Gasteiger partial charge on any atom is 0.222 e. The molecule has 3 saturated heterocycles. The molecule has 4 rings (SSSR count). The monoisotopic (exact) mass is 386 g/mol. The first-order chi connectivity index (χ1) is 13.6. The van der Waals surface area contributed by atoms with E-state index in [1.165, 1.54) is 24.0 Å². The maximum atomic E-state index is 12.4. The van der Waals surface area contributed by atoms with Gasteiger partial charge in [0.1, 0.15) is 5.75 Å². The van der Waals surface area contributed by atoms with E-state index in [0.29, 0.717) is 17.7 Å². The number of rotatable bonds is 5. The molecule has 3 aliphatic rings.